The maximum Gasteiger partial charge on any atom is 0.333 e. The van der Waals surface area contributed by atoms with Crippen molar-refractivity contribution in [2.45, 2.75) is 6.04 Å². The van der Waals surface area contributed by atoms with Crippen LogP contribution in [0.5, 0.6) is 5.75 Å². The molecular weight excluding hydrogens is 308 g/mol. The maximum absolute atomic E-state index is 12.5. The third-order valence-electron chi connectivity index (χ3n) is 3.73. The topological polar surface area (TPSA) is 91.4 Å². The summed E-state index contributed by atoms with van der Waals surface area (Å²) >= 11 is 0. The van der Waals surface area contributed by atoms with E-state index in [1.165, 1.54) is 19.2 Å². The lowest BCUT2D eigenvalue weighted by atomic mass is 10.1. The highest BCUT2D eigenvalue weighted by Gasteiger charge is 2.24. The number of carbonyl (C=O) groups excluding carboxylic acids is 2. The van der Waals surface area contributed by atoms with Crippen LogP contribution in [0.4, 0.5) is 0 Å². The Morgan fingerprint density at radius 1 is 1.17 bits per heavy atom. The van der Waals surface area contributed by atoms with Crippen molar-refractivity contribution in [3.05, 3.63) is 65.9 Å². The van der Waals surface area contributed by atoms with Crippen LogP contribution in [0.15, 0.2) is 54.7 Å². The summed E-state index contributed by atoms with van der Waals surface area (Å²) in [5.74, 6) is -1.02. The van der Waals surface area contributed by atoms with Crippen LogP contribution in [0.1, 0.15) is 22.0 Å². The van der Waals surface area contributed by atoms with Gasteiger partial charge in [0.15, 0.2) is 6.04 Å². The summed E-state index contributed by atoms with van der Waals surface area (Å²) in [4.78, 5) is 27.6. The normalized spacial score (nSPS) is 11.9. The number of ether oxygens (including phenoxy) is 1. The second kappa shape index (κ2) is 6.45. The van der Waals surface area contributed by atoms with Gasteiger partial charge in [-0.15, -0.1) is 0 Å². The molecule has 0 radical (unpaired) electrons. The number of aromatic nitrogens is 1. The quantitative estimate of drug-likeness (QED) is 0.643. The van der Waals surface area contributed by atoms with Crippen molar-refractivity contribution in [2.75, 3.05) is 7.11 Å². The molecule has 0 aliphatic heterocycles. The average Bonchev–Trinajstić information content (AvgIpc) is 3.06. The summed E-state index contributed by atoms with van der Waals surface area (Å²) < 4.78 is 4.76. The molecule has 0 spiro atoms. The number of hydrogen-bond acceptors (Lipinski definition) is 4. The fraction of sp³-hybridized carbons (Fsp3) is 0.111. The lowest BCUT2D eigenvalue weighted by Gasteiger charge is -2.17. The Bertz CT molecular complexity index is 901. The molecule has 6 heteroatoms. The number of rotatable bonds is 4. The molecule has 122 valence electrons. The summed E-state index contributed by atoms with van der Waals surface area (Å²) in [6.45, 7) is 0. The van der Waals surface area contributed by atoms with Gasteiger partial charge in [0, 0.05) is 17.3 Å². The molecule has 0 saturated heterocycles. The molecule has 1 aromatic heterocycles. The number of hydrogen-bond donors (Lipinski definition) is 3. The van der Waals surface area contributed by atoms with E-state index in [0.29, 0.717) is 11.1 Å². The summed E-state index contributed by atoms with van der Waals surface area (Å²) in [5, 5.41) is 13.2. The number of carbonyl (C=O) groups is 2. The summed E-state index contributed by atoms with van der Waals surface area (Å²) in [5.41, 5.74) is 1.68. The van der Waals surface area contributed by atoms with E-state index in [-0.39, 0.29) is 5.75 Å². The van der Waals surface area contributed by atoms with Crippen molar-refractivity contribution < 1.29 is 19.4 Å². The number of esters is 1. The van der Waals surface area contributed by atoms with Gasteiger partial charge in [-0.05, 0) is 41.3 Å². The molecule has 0 fully saturated rings. The zero-order chi connectivity index (χ0) is 17.1. The minimum atomic E-state index is -1.01. The van der Waals surface area contributed by atoms with E-state index >= 15 is 0 Å². The van der Waals surface area contributed by atoms with Crippen LogP contribution in [-0.2, 0) is 9.53 Å². The van der Waals surface area contributed by atoms with E-state index in [9.17, 15) is 14.7 Å². The fourth-order valence-corrected chi connectivity index (χ4v) is 2.50. The van der Waals surface area contributed by atoms with Gasteiger partial charge in [0.2, 0.25) is 0 Å². The number of benzene rings is 2. The summed E-state index contributed by atoms with van der Waals surface area (Å²) in [7, 11) is 1.25. The van der Waals surface area contributed by atoms with E-state index < -0.39 is 17.9 Å². The SMILES string of the molecule is COC(=O)[C@@H](NC(=O)c1ccc2cc[nH]c2c1)c1cccc(O)c1. The molecule has 0 aliphatic carbocycles. The number of aromatic amines is 1. The predicted octanol–water partition coefficient (Wildman–Crippen LogP) is 2.52. The number of phenolic OH excluding ortho intramolecular Hbond substituents is 1. The van der Waals surface area contributed by atoms with Crippen LogP contribution in [0, 0.1) is 0 Å². The second-order valence-corrected chi connectivity index (χ2v) is 5.30. The molecule has 0 saturated carbocycles. The van der Waals surface area contributed by atoms with Gasteiger partial charge in [0.1, 0.15) is 5.75 Å². The van der Waals surface area contributed by atoms with E-state index in [2.05, 4.69) is 10.3 Å². The number of aromatic hydroxyl groups is 1. The van der Waals surface area contributed by atoms with Gasteiger partial charge in [0.25, 0.3) is 5.91 Å². The standard InChI is InChI=1S/C18H16N2O4/c1-24-18(23)16(12-3-2-4-14(21)9-12)20-17(22)13-6-5-11-7-8-19-15(11)10-13/h2-10,16,19,21H,1H3,(H,20,22)/t16-/m0/s1. The third kappa shape index (κ3) is 3.08. The molecule has 3 aromatic rings. The van der Waals surface area contributed by atoms with Crippen LogP contribution in [-0.4, -0.2) is 29.1 Å². The van der Waals surface area contributed by atoms with Crippen molar-refractivity contribution in [1.29, 1.82) is 0 Å². The Balaban J connectivity index is 1.88. The minimum Gasteiger partial charge on any atom is -0.508 e. The first-order valence-electron chi connectivity index (χ1n) is 7.33. The number of methoxy groups -OCH3 is 1. The molecule has 6 nitrogen and oxygen atoms in total. The molecule has 1 heterocycles. The average molecular weight is 324 g/mol. The fourth-order valence-electron chi connectivity index (χ4n) is 2.50. The molecule has 1 amide bonds. The summed E-state index contributed by atoms with van der Waals surface area (Å²) in [6.07, 6.45) is 1.79. The highest BCUT2D eigenvalue weighted by Crippen LogP contribution is 2.21. The Morgan fingerprint density at radius 2 is 2.00 bits per heavy atom. The van der Waals surface area contributed by atoms with Gasteiger partial charge in [0.05, 0.1) is 7.11 Å². The minimum absolute atomic E-state index is 0.00320. The number of nitrogens with one attached hydrogen (secondary N) is 2. The van der Waals surface area contributed by atoms with Gasteiger partial charge in [-0.2, -0.15) is 0 Å². The zero-order valence-corrected chi connectivity index (χ0v) is 12.9. The Kier molecular flexibility index (Phi) is 4.20. The lowest BCUT2D eigenvalue weighted by molar-refractivity contribution is -0.143. The number of phenols is 1. The largest absolute Gasteiger partial charge is 0.508 e. The monoisotopic (exact) mass is 324 g/mol. The van der Waals surface area contributed by atoms with Crippen LogP contribution < -0.4 is 5.32 Å². The molecule has 0 unspecified atom stereocenters. The van der Waals surface area contributed by atoms with E-state index in [0.717, 1.165) is 10.9 Å². The molecule has 24 heavy (non-hydrogen) atoms. The molecule has 0 aliphatic rings. The third-order valence-corrected chi connectivity index (χ3v) is 3.73. The van der Waals surface area contributed by atoms with Crippen LogP contribution in [0.2, 0.25) is 0 Å². The highest BCUT2D eigenvalue weighted by atomic mass is 16.5. The molecular formula is C18H16N2O4. The summed E-state index contributed by atoms with van der Waals surface area (Å²) in [6, 6.07) is 12.2. The maximum atomic E-state index is 12.5. The van der Waals surface area contributed by atoms with Crippen molar-refractivity contribution >= 4 is 22.8 Å². The van der Waals surface area contributed by atoms with Gasteiger partial charge in [-0.1, -0.05) is 18.2 Å². The van der Waals surface area contributed by atoms with Gasteiger partial charge in [-0.25, -0.2) is 4.79 Å². The van der Waals surface area contributed by atoms with Gasteiger partial charge >= 0.3 is 5.97 Å². The van der Waals surface area contributed by atoms with Crippen molar-refractivity contribution in [2.24, 2.45) is 0 Å². The molecule has 0 bridgehead atoms. The van der Waals surface area contributed by atoms with E-state index in [1.807, 2.05) is 12.1 Å². The highest BCUT2D eigenvalue weighted by molar-refractivity contribution is 5.99. The van der Waals surface area contributed by atoms with Crippen molar-refractivity contribution in [3.8, 4) is 5.75 Å². The molecule has 3 rings (SSSR count). The molecule has 3 N–H and O–H groups in total. The number of amides is 1. The van der Waals surface area contributed by atoms with Crippen LogP contribution in [0.25, 0.3) is 10.9 Å². The van der Waals surface area contributed by atoms with E-state index in [4.69, 9.17) is 4.74 Å². The first-order valence-corrected chi connectivity index (χ1v) is 7.33. The van der Waals surface area contributed by atoms with Gasteiger partial charge in [-0.3, -0.25) is 4.79 Å². The first kappa shape index (κ1) is 15.6. The van der Waals surface area contributed by atoms with Crippen LogP contribution >= 0.6 is 0 Å². The van der Waals surface area contributed by atoms with Crippen LogP contribution in [0.3, 0.4) is 0 Å². The smallest absolute Gasteiger partial charge is 0.333 e. The lowest BCUT2D eigenvalue weighted by Crippen LogP contribution is -2.34. The number of fused-ring (bicyclic) bond motifs is 1. The molecule has 1 atom stereocenters. The molecule has 2 aromatic carbocycles. The first-order chi connectivity index (χ1) is 11.6. The second-order valence-electron chi connectivity index (χ2n) is 5.30. The van der Waals surface area contributed by atoms with E-state index in [1.54, 1.807) is 30.5 Å². The number of H-pyrrole nitrogens is 1. The zero-order valence-electron chi connectivity index (χ0n) is 12.9. The predicted molar refractivity (Wildman–Crippen MR) is 88.6 cm³/mol. The Morgan fingerprint density at radius 3 is 2.75 bits per heavy atom. The Labute approximate surface area is 138 Å². The Hall–Kier alpha value is -3.28. The van der Waals surface area contributed by atoms with Crippen molar-refractivity contribution in [3.63, 3.8) is 0 Å². The van der Waals surface area contributed by atoms with Crippen molar-refractivity contribution in [1.82, 2.24) is 10.3 Å². The van der Waals surface area contributed by atoms with Gasteiger partial charge < -0.3 is 20.1 Å².